The van der Waals surface area contributed by atoms with E-state index in [0.717, 1.165) is 19.4 Å². The highest BCUT2D eigenvalue weighted by Gasteiger charge is 2.52. The summed E-state index contributed by atoms with van der Waals surface area (Å²) in [6, 6.07) is 11.1. The van der Waals surface area contributed by atoms with Crippen LogP contribution >= 0.6 is 0 Å². The minimum atomic E-state index is 0.274. The molecule has 2 aliphatic rings. The summed E-state index contributed by atoms with van der Waals surface area (Å²) in [5, 5.41) is 0. The molecule has 1 amide bonds. The molecule has 20 heavy (non-hydrogen) atoms. The van der Waals surface area contributed by atoms with Crippen molar-refractivity contribution >= 4 is 5.91 Å². The highest BCUT2D eigenvalue weighted by Crippen LogP contribution is 2.59. The third kappa shape index (κ3) is 2.61. The van der Waals surface area contributed by atoms with Crippen LogP contribution in [0.2, 0.25) is 0 Å². The quantitative estimate of drug-likeness (QED) is 0.797. The van der Waals surface area contributed by atoms with Gasteiger partial charge in [-0.3, -0.25) is 4.79 Å². The number of hydrogen-bond donors (Lipinski definition) is 0. The Bertz CT molecular complexity index is 491. The van der Waals surface area contributed by atoms with E-state index in [2.05, 4.69) is 56.0 Å². The molecule has 1 aromatic rings. The number of benzene rings is 1. The number of amides is 1. The number of nitrogens with zero attached hydrogens (tertiary/aromatic N) is 1. The molecule has 0 spiro atoms. The van der Waals surface area contributed by atoms with E-state index in [-0.39, 0.29) is 5.41 Å². The van der Waals surface area contributed by atoms with E-state index in [0.29, 0.717) is 23.8 Å². The van der Waals surface area contributed by atoms with Crippen LogP contribution in [0.1, 0.15) is 51.5 Å². The van der Waals surface area contributed by atoms with Crippen molar-refractivity contribution in [2.24, 2.45) is 11.3 Å². The zero-order chi connectivity index (χ0) is 14.3. The highest BCUT2D eigenvalue weighted by atomic mass is 16.2. The van der Waals surface area contributed by atoms with Gasteiger partial charge in [-0.1, -0.05) is 37.3 Å². The Hall–Kier alpha value is -1.31. The van der Waals surface area contributed by atoms with E-state index >= 15 is 0 Å². The van der Waals surface area contributed by atoms with Crippen molar-refractivity contribution in [2.45, 2.75) is 52.0 Å². The zero-order valence-corrected chi connectivity index (χ0v) is 12.8. The zero-order valence-electron chi connectivity index (χ0n) is 12.8. The SMILES string of the molecule is CC(C)N(CC1(C)CC1c1ccccc1)C(=O)C1CC1. The molecule has 0 bridgehead atoms. The average Bonchev–Trinajstić information content (AvgIpc) is 3.32. The van der Waals surface area contributed by atoms with Gasteiger partial charge in [0.2, 0.25) is 5.91 Å². The molecule has 2 fully saturated rings. The molecule has 2 aliphatic carbocycles. The van der Waals surface area contributed by atoms with Gasteiger partial charge in [0.05, 0.1) is 0 Å². The van der Waals surface area contributed by atoms with Crippen LogP contribution in [-0.2, 0) is 4.79 Å². The lowest BCUT2D eigenvalue weighted by Crippen LogP contribution is -2.41. The van der Waals surface area contributed by atoms with E-state index in [1.54, 1.807) is 0 Å². The molecular formula is C18H25NO. The number of rotatable bonds is 5. The van der Waals surface area contributed by atoms with E-state index in [1.807, 2.05) is 0 Å². The van der Waals surface area contributed by atoms with Crippen molar-refractivity contribution < 1.29 is 4.79 Å². The van der Waals surface area contributed by atoms with Crippen molar-refractivity contribution in [3.05, 3.63) is 35.9 Å². The maximum atomic E-state index is 12.4. The molecule has 108 valence electrons. The molecule has 0 aliphatic heterocycles. The van der Waals surface area contributed by atoms with Gasteiger partial charge in [0, 0.05) is 18.5 Å². The minimum absolute atomic E-state index is 0.274. The Labute approximate surface area is 122 Å². The molecule has 0 heterocycles. The molecule has 2 nitrogen and oxygen atoms in total. The summed E-state index contributed by atoms with van der Waals surface area (Å²) >= 11 is 0. The Morgan fingerprint density at radius 2 is 1.95 bits per heavy atom. The fourth-order valence-corrected chi connectivity index (χ4v) is 3.26. The van der Waals surface area contributed by atoms with Gasteiger partial charge in [-0.2, -0.15) is 0 Å². The lowest BCUT2D eigenvalue weighted by molar-refractivity contribution is -0.135. The van der Waals surface area contributed by atoms with Crippen molar-refractivity contribution in [3.63, 3.8) is 0 Å². The van der Waals surface area contributed by atoms with Crippen molar-refractivity contribution in [2.75, 3.05) is 6.54 Å². The average molecular weight is 271 g/mol. The van der Waals surface area contributed by atoms with E-state index in [9.17, 15) is 4.79 Å². The fraction of sp³-hybridized carbons (Fsp3) is 0.611. The summed E-state index contributed by atoms with van der Waals surface area (Å²) in [7, 11) is 0. The van der Waals surface area contributed by atoms with Gasteiger partial charge >= 0.3 is 0 Å². The molecule has 3 rings (SSSR count). The van der Waals surface area contributed by atoms with Gasteiger partial charge in [-0.05, 0) is 50.0 Å². The van der Waals surface area contributed by atoms with Crippen LogP contribution in [0.4, 0.5) is 0 Å². The maximum Gasteiger partial charge on any atom is 0.225 e. The van der Waals surface area contributed by atoms with Gasteiger partial charge in [-0.25, -0.2) is 0 Å². The molecule has 0 aromatic heterocycles. The topological polar surface area (TPSA) is 20.3 Å². The Morgan fingerprint density at radius 1 is 1.30 bits per heavy atom. The largest absolute Gasteiger partial charge is 0.339 e. The Balaban J connectivity index is 1.69. The normalized spacial score (nSPS) is 28.5. The second-order valence-electron chi connectivity index (χ2n) is 7.16. The molecule has 0 saturated heterocycles. The van der Waals surface area contributed by atoms with Gasteiger partial charge in [0.1, 0.15) is 0 Å². The monoisotopic (exact) mass is 271 g/mol. The summed E-state index contributed by atoms with van der Waals surface area (Å²) in [6.07, 6.45) is 3.40. The van der Waals surface area contributed by atoms with Gasteiger partial charge in [-0.15, -0.1) is 0 Å². The summed E-state index contributed by atoms with van der Waals surface area (Å²) in [5.41, 5.74) is 1.70. The first kappa shape index (κ1) is 13.7. The molecule has 2 heteroatoms. The molecule has 0 radical (unpaired) electrons. The summed E-state index contributed by atoms with van der Waals surface area (Å²) < 4.78 is 0. The first-order chi connectivity index (χ1) is 9.51. The van der Waals surface area contributed by atoms with Gasteiger partial charge in [0.15, 0.2) is 0 Å². The van der Waals surface area contributed by atoms with Crippen molar-refractivity contribution in [1.29, 1.82) is 0 Å². The smallest absolute Gasteiger partial charge is 0.225 e. The molecule has 2 saturated carbocycles. The van der Waals surface area contributed by atoms with Crippen LogP contribution in [0.25, 0.3) is 0 Å². The molecular weight excluding hydrogens is 246 g/mol. The molecule has 0 N–H and O–H groups in total. The fourth-order valence-electron chi connectivity index (χ4n) is 3.26. The molecule has 2 atom stereocenters. The second kappa shape index (κ2) is 4.91. The number of carbonyl (C=O) groups excluding carboxylic acids is 1. The summed E-state index contributed by atoms with van der Waals surface area (Å²) in [4.78, 5) is 14.5. The van der Waals surface area contributed by atoms with Gasteiger partial charge in [0.25, 0.3) is 0 Å². The third-order valence-electron chi connectivity index (χ3n) is 4.92. The molecule has 1 aromatic carbocycles. The van der Waals surface area contributed by atoms with Crippen LogP contribution in [0.15, 0.2) is 30.3 Å². The second-order valence-corrected chi connectivity index (χ2v) is 7.16. The summed E-state index contributed by atoms with van der Waals surface area (Å²) in [5.74, 6) is 1.34. The van der Waals surface area contributed by atoms with Gasteiger partial charge < -0.3 is 4.90 Å². The van der Waals surface area contributed by atoms with Crippen LogP contribution < -0.4 is 0 Å². The van der Waals surface area contributed by atoms with Crippen molar-refractivity contribution in [3.8, 4) is 0 Å². The van der Waals surface area contributed by atoms with Crippen LogP contribution in [0.3, 0.4) is 0 Å². The standard InChI is InChI=1S/C18H25NO/c1-13(2)19(17(20)15-9-10-15)12-18(3)11-16(18)14-7-5-4-6-8-14/h4-8,13,15-16H,9-12H2,1-3H3. The maximum absolute atomic E-state index is 12.4. The first-order valence-electron chi connectivity index (χ1n) is 7.87. The van der Waals surface area contributed by atoms with E-state index in [1.165, 1.54) is 12.0 Å². The van der Waals surface area contributed by atoms with Crippen LogP contribution in [0.5, 0.6) is 0 Å². The minimum Gasteiger partial charge on any atom is -0.339 e. The Morgan fingerprint density at radius 3 is 2.50 bits per heavy atom. The number of carbonyl (C=O) groups is 1. The predicted octanol–water partition coefficient (Wildman–Crippen LogP) is 3.83. The summed E-state index contributed by atoms with van der Waals surface area (Å²) in [6.45, 7) is 7.53. The lowest BCUT2D eigenvalue weighted by atomic mass is 9.99. The highest BCUT2D eigenvalue weighted by molar-refractivity contribution is 5.81. The van der Waals surface area contributed by atoms with Crippen LogP contribution in [0, 0.1) is 11.3 Å². The number of hydrogen-bond acceptors (Lipinski definition) is 1. The molecule has 2 unspecified atom stereocenters. The Kier molecular flexibility index (Phi) is 3.35. The van der Waals surface area contributed by atoms with E-state index in [4.69, 9.17) is 0 Å². The predicted molar refractivity (Wildman–Crippen MR) is 81.5 cm³/mol. The van der Waals surface area contributed by atoms with Crippen molar-refractivity contribution in [1.82, 2.24) is 4.90 Å². The van der Waals surface area contributed by atoms with Crippen LogP contribution in [-0.4, -0.2) is 23.4 Å². The first-order valence-corrected chi connectivity index (χ1v) is 7.87. The van der Waals surface area contributed by atoms with E-state index < -0.39 is 0 Å². The third-order valence-corrected chi connectivity index (χ3v) is 4.92. The lowest BCUT2D eigenvalue weighted by Gasteiger charge is -2.30.